The van der Waals surface area contributed by atoms with Gasteiger partial charge in [0.15, 0.2) is 8.32 Å². The van der Waals surface area contributed by atoms with Crippen molar-refractivity contribution in [2.45, 2.75) is 64.1 Å². The van der Waals surface area contributed by atoms with Crippen molar-refractivity contribution >= 4 is 8.32 Å². The van der Waals surface area contributed by atoms with Crippen LogP contribution in [0, 0.1) is 0 Å². The molecular formula is C11H24OSi. The lowest BCUT2D eigenvalue weighted by Crippen LogP contribution is -2.41. The Morgan fingerprint density at radius 3 is 2.00 bits per heavy atom. The van der Waals surface area contributed by atoms with E-state index < -0.39 is 8.32 Å². The van der Waals surface area contributed by atoms with Gasteiger partial charge in [-0.3, -0.25) is 0 Å². The molecule has 0 bridgehead atoms. The van der Waals surface area contributed by atoms with Gasteiger partial charge in [-0.25, -0.2) is 0 Å². The maximum absolute atomic E-state index is 6.15. The average molecular weight is 200 g/mol. The van der Waals surface area contributed by atoms with Crippen LogP contribution in [0.3, 0.4) is 0 Å². The highest BCUT2D eigenvalue weighted by molar-refractivity contribution is 6.75. The Bertz CT molecular complexity index is 137. The van der Waals surface area contributed by atoms with E-state index in [1.165, 1.54) is 37.8 Å². The van der Waals surface area contributed by atoms with Crippen LogP contribution in [-0.4, -0.2) is 14.9 Å². The topological polar surface area (TPSA) is 9.23 Å². The van der Waals surface area contributed by atoms with Crippen LogP contribution >= 0.6 is 0 Å². The Morgan fingerprint density at radius 2 is 1.62 bits per heavy atom. The van der Waals surface area contributed by atoms with Crippen LogP contribution in [-0.2, 0) is 4.43 Å². The predicted octanol–water partition coefficient (Wildman–Crippen LogP) is 3.95. The van der Waals surface area contributed by atoms with Crippen molar-refractivity contribution in [2.24, 2.45) is 0 Å². The van der Waals surface area contributed by atoms with Crippen LogP contribution in [0.15, 0.2) is 0 Å². The lowest BCUT2D eigenvalue weighted by atomic mass is 10.4. The maximum Gasteiger partial charge on any atom is 0.195 e. The molecule has 78 valence electrons. The van der Waals surface area contributed by atoms with Crippen LogP contribution in [0.25, 0.3) is 0 Å². The maximum atomic E-state index is 6.15. The van der Waals surface area contributed by atoms with Gasteiger partial charge < -0.3 is 4.43 Å². The molecule has 0 aromatic heterocycles. The van der Waals surface area contributed by atoms with E-state index in [4.69, 9.17) is 4.43 Å². The summed E-state index contributed by atoms with van der Waals surface area (Å²) >= 11 is 0. The Hall–Kier alpha value is 0.177. The summed E-state index contributed by atoms with van der Waals surface area (Å²) in [6.07, 6.45) is 5.81. The van der Waals surface area contributed by atoms with Crippen LogP contribution in [0.1, 0.15) is 46.5 Å². The summed E-state index contributed by atoms with van der Waals surface area (Å²) in [5.74, 6) is 0. The van der Waals surface area contributed by atoms with E-state index in [0.717, 1.165) is 12.1 Å². The molecule has 1 aliphatic rings. The highest BCUT2D eigenvalue weighted by Crippen LogP contribution is 2.42. The molecule has 1 nitrogen and oxygen atoms in total. The molecule has 1 fully saturated rings. The summed E-state index contributed by atoms with van der Waals surface area (Å²) in [7, 11) is -1.31. The first-order valence-electron chi connectivity index (χ1n) is 5.93. The van der Waals surface area contributed by atoms with Gasteiger partial charge in [-0.2, -0.15) is 0 Å². The molecule has 13 heavy (non-hydrogen) atoms. The summed E-state index contributed by atoms with van der Waals surface area (Å²) in [6.45, 7) is 7.76. The first-order chi connectivity index (χ1) is 6.29. The predicted molar refractivity (Wildman–Crippen MR) is 60.6 cm³/mol. The minimum absolute atomic E-state index is 0.935. The van der Waals surface area contributed by atoms with Crippen molar-refractivity contribution in [3.05, 3.63) is 0 Å². The van der Waals surface area contributed by atoms with E-state index in [2.05, 4.69) is 20.8 Å². The summed E-state index contributed by atoms with van der Waals surface area (Å²) < 4.78 is 6.15. The Balaban J connectivity index is 2.62. The van der Waals surface area contributed by atoms with Crippen molar-refractivity contribution in [1.82, 2.24) is 0 Å². The van der Waals surface area contributed by atoms with Gasteiger partial charge in [-0.15, -0.1) is 0 Å². The molecule has 0 atom stereocenters. The molecule has 0 unspecified atom stereocenters. The summed E-state index contributed by atoms with van der Waals surface area (Å²) in [5.41, 5.74) is 0.974. The monoisotopic (exact) mass is 200 g/mol. The zero-order chi connectivity index (χ0) is 9.73. The van der Waals surface area contributed by atoms with Crippen LogP contribution in [0.5, 0.6) is 0 Å². The van der Waals surface area contributed by atoms with Gasteiger partial charge in [0.05, 0.1) is 0 Å². The highest BCUT2D eigenvalue weighted by Gasteiger charge is 2.40. The zero-order valence-corrected chi connectivity index (χ0v) is 10.4. The fraction of sp³-hybridized carbons (Fsp3) is 1.00. The highest BCUT2D eigenvalue weighted by atomic mass is 28.4. The van der Waals surface area contributed by atoms with E-state index in [1.807, 2.05) is 0 Å². The van der Waals surface area contributed by atoms with Crippen molar-refractivity contribution in [2.75, 3.05) is 6.61 Å². The van der Waals surface area contributed by atoms with Gasteiger partial charge in [0.1, 0.15) is 0 Å². The SMILES string of the molecule is CCO[Si](CC)(CC)C1CCCC1. The quantitative estimate of drug-likeness (QED) is 0.611. The number of hydrogen-bond acceptors (Lipinski definition) is 1. The van der Waals surface area contributed by atoms with Crippen LogP contribution < -0.4 is 0 Å². The largest absolute Gasteiger partial charge is 0.417 e. The fourth-order valence-electron chi connectivity index (χ4n) is 2.89. The average Bonchev–Trinajstić information content (AvgIpc) is 2.68. The molecule has 0 amide bonds. The number of rotatable bonds is 5. The molecule has 1 saturated carbocycles. The second-order valence-corrected chi connectivity index (χ2v) is 8.84. The van der Waals surface area contributed by atoms with E-state index >= 15 is 0 Å². The Labute approximate surface area is 84.0 Å². The minimum Gasteiger partial charge on any atom is -0.417 e. The molecule has 0 radical (unpaired) electrons. The zero-order valence-electron chi connectivity index (χ0n) is 9.44. The third kappa shape index (κ3) is 2.35. The van der Waals surface area contributed by atoms with Gasteiger partial charge in [0.25, 0.3) is 0 Å². The molecular weight excluding hydrogens is 176 g/mol. The third-order valence-corrected chi connectivity index (χ3v) is 9.05. The lowest BCUT2D eigenvalue weighted by molar-refractivity contribution is 0.309. The standard InChI is InChI=1S/C11H24OSi/c1-4-12-13(5-2,6-3)11-9-7-8-10-11/h11H,4-10H2,1-3H3. The fourth-order valence-corrected chi connectivity index (χ4v) is 7.22. The first-order valence-corrected chi connectivity index (χ1v) is 8.33. The number of hydrogen-bond donors (Lipinski definition) is 0. The van der Waals surface area contributed by atoms with E-state index in [0.29, 0.717) is 0 Å². The molecule has 0 N–H and O–H groups in total. The van der Waals surface area contributed by atoms with Crippen molar-refractivity contribution < 1.29 is 4.43 Å². The molecule has 0 heterocycles. The van der Waals surface area contributed by atoms with Gasteiger partial charge in [-0.1, -0.05) is 39.5 Å². The van der Waals surface area contributed by atoms with Crippen molar-refractivity contribution in [3.8, 4) is 0 Å². The molecule has 0 spiro atoms. The van der Waals surface area contributed by atoms with E-state index in [-0.39, 0.29) is 0 Å². The Morgan fingerprint density at radius 1 is 1.08 bits per heavy atom. The van der Waals surface area contributed by atoms with Gasteiger partial charge >= 0.3 is 0 Å². The second kappa shape index (κ2) is 5.16. The first kappa shape index (κ1) is 11.3. The minimum atomic E-state index is -1.31. The van der Waals surface area contributed by atoms with Gasteiger partial charge in [-0.05, 0) is 24.6 Å². The molecule has 2 heteroatoms. The van der Waals surface area contributed by atoms with Crippen LogP contribution in [0.2, 0.25) is 17.6 Å². The van der Waals surface area contributed by atoms with E-state index in [1.54, 1.807) is 0 Å². The smallest absolute Gasteiger partial charge is 0.195 e. The molecule has 0 aromatic rings. The van der Waals surface area contributed by atoms with Crippen molar-refractivity contribution in [3.63, 3.8) is 0 Å². The normalized spacial score (nSPS) is 19.6. The van der Waals surface area contributed by atoms with Gasteiger partial charge in [0, 0.05) is 6.61 Å². The molecule has 0 aromatic carbocycles. The summed E-state index contributed by atoms with van der Waals surface area (Å²) in [4.78, 5) is 0. The molecule has 0 saturated heterocycles. The third-order valence-electron chi connectivity index (χ3n) is 3.73. The molecule has 1 rings (SSSR count). The second-order valence-electron chi connectivity index (χ2n) is 4.19. The molecule has 1 aliphatic carbocycles. The van der Waals surface area contributed by atoms with Gasteiger partial charge in [0.2, 0.25) is 0 Å². The Kier molecular flexibility index (Phi) is 4.46. The van der Waals surface area contributed by atoms with Crippen molar-refractivity contribution in [1.29, 1.82) is 0 Å². The molecule has 0 aliphatic heterocycles. The lowest BCUT2D eigenvalue weighted by Gasteiger charge is -2.34. The van der Waals surface area contributed by atoms with E-state index in [9.17, 15) is 0 Å². The summed E-state index contributed by atoms with van der Waals surface area (Å²) in [5, 5.41) is 0. The van der Waals surface area contributed by atoms with Crippen LogP contribution in [0.4, 0.5) is 0 Å². The summed E-state index contributed by atoms with van der Waals surface area (Å²) in [6, 6.07) is 2.64.